The first-order valence-electron chi connectivity index (χ1n) is 14.1. The van der Waals surface area contributed by atoms with Crippen LogP contribution in [0.5, 0.6) is 0 Å². The Labute approximate surface area is 235 Å². The molecule has 0 aliphatic rings. The van der Waals surface area contributed by atoms with Crippen LogP contribution < -0.4 is 11.1 Å². The molecule has 3 nitrogen and oxygen atoms in total. The fourth-order valence-electron chi connectivity index (χ4n) is 7.51. The van der Waals surface area contributed by atoms with E-state index in [9.17, 15) is 9.59 Å². The quantitative estimate of drug-likeness (QED) is 0.211. The zero-order chi connectivity index (χ0) is 27.8. The largest absolute Gasteiger partial charge is 0.269 e. The van der Waals surface area contributed by atoms with Gasteiger partial charge in [0.1, 0.15) is 0 Å². The number of hydrogen-bond acceptors (Lipinski definition) is 2. The summed E-state index contributed by atoms with van der Waals surface area (Å²) in [7, 11) is 0. The molecule has 0 spiro atoms. The molecule has 1 aromatic heterocycles. The van der Waals surface area contributed by atoms with Gasteiger partial charge in [0.25, 0.3) is 11.1 Å². The summed E-state index contributed by atoms with van der Waals surface area (Å²) in [5.74, 6) is 0. The first-order valence-corrected chi connectivity index (χ1v) is 14.1. The minimum atomic E-state index is -0.646. The molecular formula is C38H25NO2. The summed E-state index contributed by atoms with van der Waals surface area (Å²) in [5, 5.41) is 12.1. The van der Waals surface area contributed by atoms with E-state index in [1.165, 1.54) is 36.9 Å². The maximum absolute atomic E-state index is 14.3. The molecule has 0 bridgehead atoms. The lowest BCUT2D eigenvalue weighted by Gasteiger charge is -2.18. The molecule has 0 aliphatic heterocycles. The lowest BCUT2D eigenvalue weighted by atomic mass is 9.89. The number of rotatable bonds is 2. The highest BCUT2D eigenvalue weighted by atomic mass is 16.2. The second-order valence-corrected chi connectivity index (χ2v) is 12.4. The summed E-state index contributed by atoms with van der Waals surface area (Å²) >= 11 is 0. The maximum atomic E-state index is 14.3. The number of benzene rings is 7. The van der Waals surface area contributed by atoms with Gasteiger partial charge in [-0.25, -0.2) is 0 Å². The van der Waals surface area contributed by atoms with Crippen LogP contribution in [0.2, 0.25) is 0 Å². The molecule has 3 heteroatoms. The smallest absolute Gasteiger partial charge is 0.262 e. The number of aromatic nitrogens is 1. The molecule has 0 amide bonds. The van der Waals surface area contributed by atoms with Crippen molar-refractivity contribution in [2.45, 2.75) is 26.3 Å². The highest BCUT2D eigenvalue weighted by Crippen LogP contribution is 2.53. The fourth-order valence-corrected chi connectivity index (χ4v) is 7.51. The summed E-state index contributed by atoms with van der Waals surface area (Å²) in [4.78, 5) is 28.6. The first kappa shape index (κ1) is 22.8. The van der Waals surface area contributed by atoms with E-state index in [4.69, 9.17) is 0 Å². The Morgan fingerprint density at radius 1 is 0.463 bits per heavy atom. The van der Waals surface area contributed by atoms with E-state index in [1.807, 2.05) is 32.9 Å². The molecule has 194 valence electrons. The lowest BCUT2D eigenvalue weighted by molar-refractivity contribution is 0.380. The van der Waals surface area contributed by atoms with Crippen LogP contribution in [0.4, 0.5) is 0 Å². The van der Waals surface area contributed by atoms with Crippen LogP contribution in [0.1, 0.15) is 20.8 Å². The van der Waals surface area contributed by atoms with E-state index < -0.39 is 5.54 Å². The van der Waals surface area contributed by atoms with Crippen molar-refractivity contribution >= 4 is 64.6 Å². The van der Waals surface area contributed by atoms with Gasteiger partial charge in [-0.1, -0.05) is 84.9 Å². The van der Waals surface area contributed by atoms with Gasteiger partial charge in [-0.2, -0.15) is 0 Å². The summed E-state index contributed by atoms with van der Waals surface area (Å²) in [6.07, 6.45) is 0. The summed E-state index contributed by atoms with van der Waals surface area (Å²) in [5.41, 5.74) is 3.30. The van der Waals surface area contributed by atoms with Crippen LogP contribution in [-0.2, 0) is 5.54 Å². The Bertz CT molecular complexity index is 2400. The topological polar surface area (TPSA) is 39.1 Å². The highest BCUT2D eigenvalue weighted by molar-refractivity contribution is 6.50. The third kappa shape index (κ3) is 2.69. The van der Waals surface area contributed by atoms with E-state index in [1.54, 1.807) is 0 Å². The van der Waals surface area contributed by atoms with Gasteiger partial charge in [-0.05, 0) is 109 Å². The van der Waals surface area contributed by atoms with Crippen LogP contribution in [0.15, 0.2) is 107 Å². The van der Waals surface area contributed by atoms with E-state index in [0.29, 0.717) is 10.8 Å². The SMILES string of the molecule is CC(C)(C)n1c(=O)c2c3cc(-c4ccccc4)c4ccc5ccc6c(-c7ccccc7)cc(c2c1=O)c1c6c5c4c31. The number of hydrogen-bond donors (Lipinski definition) is 0. The molecule has 0 fully saturated rings. The predicted molar refractivity (Wildman–Crippen MR) is 173 cm³/mol. The molecule has 0 N–H and O–H groups in total. The molecule has 0 aliphatic carbocycles. The average Bonchev–Trinajstić information content (AvgIpc) is 3.48. The third-order valence-corrected chi connectivity index (χ3v) is 9.10. The van der Waals surface area contributed by atoms with Crippen molar-refractivity contribution in [2.75, 3.05) is 0 Å². The number of nitrogens with zero attached hydrogens (tertiary/aromatic N) is 1. The minimum absolute atomic E-state index is 0.206. The van der Waals surface area contributed by atoms with Gasteiger partial charge in [-0.15, -0.1) is 0 Å². The van der Waals surface area contributed by atoms with Crippen LogP contribution in [0.25, 0.3) is 86.9 Å². The zero-order valence-electron chi connectivity index (χ0n) is 23.0. The summed E-state index contributed by atoms with van der Waals surface area (Å²) in [6.45, 7) is 5.80. The Balaban J connectivity index is 1.67. The van der Waals surface area contributed by atoms with Crippen LogP contribution >= 0.6 is 0 Å². The normalized spacial score (nSPS) is 13.0. The van der Waals surface area contributed by atoms with Crippen molar-refractivity contribution in [1.82, 2.24) is 4.57 Å². The van der Waals surface area contributed by atoms with E-state index in [-0.39, 0.29) is 11.1 Å². The Morgan fingerprint density at radius 3 is 1.29 bits per heavy atom. The van der Waals surface area contributed by atoms with Crippen molar-refractivity contribution in [1.29, 1.82) is 0 Å². The standard InChI is InChI=1S/C38H25NO2/c1-38(2,3)39-36(40)34-27-18-25(20-10-6-4-7-11-20)23-16-14-22-15-17-24-26(21-12-8-5-9-13-21)19-28(35(34)37(39)41)33-31(24)29(22)30(23)32(27)33/h4-19H,1-3H3. The Kier molecular flexibility index (Phi) is 4.10. The Morgan fingerprint density at radius 2 is 0.878 bits per heavy atom. The van der Waals surface area contributed by atoms with Crippen molar-refractivity contribution < 1.29 is 0 Å². The van der Waals surface area contributed by atoms with Gasteiger partial charge in [0, 0.05) is 5.54 Å². The summed E-state index contributed by atoms with van der Waals surface area (Å²) < 4.78 is 1.46. The van der Waals surface area contributed by atoms with E-state index >= 15 is 0 Å². The van der Waals surface area contributed by atoms with Crippen molar-refractivity contribution in [2.24, 2.45) is 0 Å². The molecule has 9 rings (SSSR count). The van der Waals surface area contributed by atoms with Crippen LogP contribution in [0.3, 0.4) is 0 Å². The van der Waals surface area contributed by atoms with Gasteiger partial charge in [0.2, 0.25) is 0 Å². The van der Waals surface area contributed by atoms with Gasteiger partial charge in [0.15, 0.2) is 0 Å². The van der Waals surface area contributed by atoms with E-state index in [2.05, 4.69) is 84.9 Å². The van der Waals surface area contributed by atoms with Crippen molar-refractivity contribution in [3.8, 4) is 22.3 Å². The number of fused-ring (bicyclic) bond motifs is 3. The first-order chi connectivity index (χ1) is 19.8. The monoisotopic (exact) mass is 527 g/mol. The lowest BCUT2D eigenvalue weighted by Crippen LogP contribution is -2.38. The fraction of sp³-hybridized carbons (Fsp3) is 0.105. The maximum Gasteiger partial charge on any atom is 0.262 e. The molecule has 0 unspecified atom stereocenters. The average molecular weight is 528 g/mol. The molecule has 8 aromatic carbocycles. The Hall–Kier alpha value is -5.02. The second kappa shape index (κ2) is 7.38. The third-order valence-electron chi connectivity index (χ3n) is 9.10. The molecule has 0 saturated heterocycles. The summed E-state index contributed by atoms with van der Waals surface area (Å²) in [6, 6.07) is 33.9. The molecule has 0 atom stereocenters. The van der Waals surface area contributed by atoms with Gasteiger partial charge in [0.05, 0.1) is 10.8 Å². The van der Waals surface area contributed by atoms with Crippen LogP contribution in [-0.4, -0.2) is 4.57 Å². The molecule has 41 heavy (non-hydrogen) atoms. The van der Waals surface area contributed by atoms with Gasteiger partial charge in [-0.3, -0.25) is 14.2 Å². The van der Waals surface area contributed by atoms with Gasteiger partial charge >= 0.3 is 0 Å². The van der Waals surface area contributed by atoms with Crippen molar-refractivity contribution in [3.05, 3.63) is 118 Å². The minimum Gasteiger partial charge on any atom is -0.269 e. The molecule has 1 heterocycles. The predicted octanol–water partition coefficient (Wildman–Crippen LogP) is 8.97. The highest BCUT2D eigenvalue weighted by Gasteiger charge is 2.31. The van der Waals surface area contributed by atoms with Crippen molar-refractivity contribution in [3.63, 3.8) is 0 Å². The van der Waals surface area contributed by atoms with E-state index in [0.717, 1.165) is 43.8 Å². The molecule has 9 aromatic rings. The zero-order valence-corrected chi connectivity index (χ0v) is 23.0. The second-order valence-electron chi connectivity index (χ2n) is 12.4. The van der Waals surface area contributed by atoms with Gasteiger partial charge < -0.3 is 0 Å². The molecule has 0 radical (unpaired) electrons. The van der Waals surface area contributed by atoms with Crippen LogP contribution in [0, 0.1) is 0 Å². The molecular weight excluding hydrogens is 502 g/mol. The molecule has 0 saturated carbocycles.